The summed E-state index contributed by atoms with van der Waals surface area (Å²) in [5, 5.41) is 0. The Morgan fingerprint density at radius 2 is 1.94 bits per heavy atom. The molecule has 16 heavy (non-hydrogen) atoms. The van der Waals surface area contributed by atoms with Gasteiger partial charge in [0.05, 0.1) is 6.61 Å². The molecule has 2 nitrogen and oxygen atoms in total. The van der Waals surface area contributed by atoms with E-state index in [1.807, 2.05) is 26.0 Å². The monoisotopic (exact) mass is 224 g/mol. The molecular formula is C14H24O2. The van der Waals surface area contributed by atoms with Gasteiger partial charge in [0.1, 0.15) is 0 Å². The van der Waals surface area contributed by atoms with Gasteiger partial charge < -0.3 is 4.74 Å². The third-order valence-corrected chi connectivity index (χ3v) is 2.33. The topological polar surface area (TPSA) is 26.3 Å². The van der Waals surface area contributed by atoms with Crippen LogP contribution >= 0.6 is 0 Å². The van der Waals surface area contributed by atoms with Crippen LogP contribution < -0.4 is 0 Å². The van der Waals surface area contributed by atoms with Gasteiger partial charge in [0.15, 0.2) is 0 Å². The number of unbranched alkanes of at least 4 members (excludes halogenated alkanes) is 3. The van der Waals surface area contributed by atoms with E-state index in [1.165, 1.54) is 19.3 Å². The molecule has 0 aromatic carbocycles. The van der Waals surface area contributed by atoms with Crippen LogP contribution in [0.3, 0.4) is 0 Å². The van der Waals surface area contributed by atoms with Crippen molar-refractivity contribution in [3.8, 4) is 0 Å². The molecule has 0 aromatic rings. The van der Waals surface area contributed by atoms with E-state index in [1.54, 1.807) is 0 Å². The molecule has 0 amide bonds. The van der Waals surface area contributed by atoms with Crippen LogP contribution in [-0.2, 0) is 9.53 Å². The number of allylic oxidation sites excluding steroid dienone is 3. The van der Waals surface area contributed by atoms with E-state index >= 15 is 0 Å². The summed E-state index contributed by atoms with van der Waals surface area (Å²) in [5.41, 5.74) is 0.744. The van der Waals surface area contributed by atoms with Crippen molar-refractivity contribution in [3.63, 3.8) is 0 Å². The zero-order valence-corrected chi connectivity index (χ0v) is 10.8. The fraction of sp³-hybridized carbons (Fsp3) is 0.643. The molecule has 0 aromatic heterocycles. The number of carbonyl (C=O) groups excluding carboxylic acids is 1. The van der Waals surface area contributed by atoms with Crippen molar-refractivity contribution in [1.29, 1.82) is 0 Å². The molecule has 0 rings (SSSR count). The van der Waals surface area contributed by atoms with Crippen molar-refractivity contribution in [3.05, 3.63) is 23.8 Å². The lowest BCUT2D eigenvalue weighted by Crippen LogP contribution is -2.06. The van der Waals surface area contributed by atoms with Crippen LogP contribution in [0.4, 0.5) is 0 Å². The van der Waals surface area contributed by atoms with Crippen LogP contribution in [0.5, 0.6) is 0 Å². The van der Waals surface area contributed by atoms with Gasteiger partial charge in [0, 0.05) is 5.57 Å². The number of rotatable bonds is 8. The Balaban J connectivity index is 4.00. The highest BCUT2D eigenvalue weighted by Crippen LogP contribution is 2.05. The van der Waals surface area contributed by atoms with E-state index in [2.05, 4.69) is 13.0 Å². The number of hydrogen-bond acceptors (Lipinski definition) is 2. The molecule has 0 saturated heterocycles. The van der Waals surface area contributed by atoms with Crippen LogP contribution in [0.1, 0.15) is 52.9 Å². The van der Waals surface area contributed by atoms with Crippen LogP contribution in [-0.4, -0.2) is 12.6 Å². The third kappa shape index (κ3) is 7.27. The maximum absolute atomic E-state index is 11.4. The molecule has 0 spiro atoms. The fourth-order valence-electron chi connectivity index (χ4n) is 1.35. The Kier molecular flexibility index (Phi) is 9.78. The Morgan fingerprint density at radius 1 is 1.19 bits per heavy atom. The summed E-state index contributed by atoms with van der Waals surface area (Å²) in [4.78, 5) is 11.4. The van der Waals surface area contributed by atoms with Crippen LogP contribution in [0.2, 0.25) is 0 Å². The van der Waals surface area contributed by atoms with Gasteiger partial charge in [0.25, 0.3) is 0 Å². The molecule has 92 valence electrons. The first kappa shape index (κ1) is 14.9. The molecule has 0 aliphatic heterocycles. The second-order valence-corrected chi connectivity index (χ2v) is 3.69. The molecule has 0 radical (unpaired) electrons. The van der Waals surface area contributed by atoms with Gasteiger partial charge in [-0.25, -0.2) is 4.79 Å². The van der Waals surface area contributed by atoms with Gasteiger partial charge in [-0.05, 0) is 26.2 Å². The van der Waals surface area contributed by atoms with Crippen LogP contribution in [0.15, 0.2) is 23.8 Å². The zero-order valence-electron chi connectivity index (χ0n) is 10.8. The highest BCUT2D eigenvalue weighted by Gasteiger charge is 2.05. The maximum Gasteiger partial charge on any atom is 0.333 e. The van der Waals surface area contributed by atoms with Crippen LogP contribution in [0, 0.1) is 0 Å². The van der Waals surface area contributed by atoms with Crippen molar-refractivity contribution >= 4 is 5.97 Å². The molecule has 0 bridgehead atoms. The summed E-state index contributed by atoms with van der Waals surface area (Å²) in [5.74, 6) is -0.191. The van der Waals surface area contributed by atoms with E-state index in [9.17, 15) is 4.79 Å². The predicted octanol–water partition coefficient (Wildman–Crippen LogP) is 4.02. The largest absolute Gasteiger partial charge is 0.463 e. The fourth-order valence-corrected chi connectivity index (χ4v) is 1.35. The summed E-state index contributed by atoms with van der Waals surface area (Å²) in [6.07, 6.45) is 11.5. The number of ether oxygens (including phenoxy) is 1. The third-order valence-electron chi connectivity index (χ3n) is 2.33. The molecule has 0 N–H and O–H groups in total. The summed E-state index contributed by atoms with van der Waals surface area (Å²) in [6.45, 7) is 6.43. The first-order valence-electron chi connectivity index (χ1n) is 6.29. The number of esters is 1. The van der Waals surface area contributed by atoms with Crippen molar-refractivity contribution < 1.29 is 9.53 Å². The summed E-state index contributed by atoms with van der Waals surface area (Å²) < 4.78 is 4.95. The van der Waals surface area contributed by atoms with E-state index in [0.717, 1.165) is 18.4 Å². The minimum Gasteiger partial charge on any atom is -0.463 e. The highest BCUT2D eigenvalue weighted by molar-refractivity contribution is 5.88. The number of carbonyl (C=O) groups is 1. The molecule has 0 atom stereocenters. The zero-order chi connectivity index (χ0) is 12.2. The Hall–Kier alpha value is -1.05. The molecule has 0 saturated carbocycles. The first-order valence-corrected chi connectivity index (χ1v) is 6.29. The smallest absolute Gasteiger partial charge is 0.333 e. The second-order valence-electron chi connectivity index (χ2n) is 3.69. The molecule has 0 aliphatic carbocycles. The van der Waals surface area contributed by atoms with E-state index in [-0.39, 0.29) is 5.97 Å². The lowest BCUT2D eigenvalue weighted by molar-refractivity contribution is -0.138. The van der Waals surface area contributed by atoms with E-state index < -0.39 is 0 Å². The molecular weight excluding hydrogens is 200 g/mol. The minimum atomic E-state index is -0.191. The van der Waals surface area contributed by atoms with Gasteiger partial charge in [-0.1, -0.05) is 44.9 Å². The standard InChI is InChI=1S/C14H24O2/c1-4-7-8-9-10-11-12-13(5-2)14(15)16-6-3/h10-12H,4-9H2,1-3H3. The molecule has 0 aliphatic rings. The summed E-state index contributed by atoms with van der Waals surface area (Å²) in [6, 6.07) is 0. The summed E-state index contributed by atoms with van der Waals surface area (Å²) >= 11 is 0. The Bertz CT molecular complexity index is 239. The van der Waals surface area contributed by atoms with Crippen molar-refractivity contribution in [2.75, 3.05) is 6.61 Å². The minimum absolute atomic E-state index is 0.191. The van der Waals surface area contributed by atoms with E-state index in [4.69, 9.17) is 4.74 Å². The lowest BCUT2D eigenvalue weighted by atomic mass is 10.1. The van der Waals surface area contributed by atoms with Gasteiger partial charge in [-0.15, -0.1) is 0 Å². The van der Waals surface area contributed by atoms with Gasteiger partial charge in [-0.2, -0.15) is 0 Å². The highest BCUT2D eigenvalue weighted by atomic mass is 16.5. The van der Waals surface area contributed by atoms with Gasteiger partial charge in [0.2, 0.25) is 0 Å². The second kappa shape index (κ2) is 10.5. The van der Waals surface area contributed by atoms with Crippen molar-refractivity contribution in [2.24, 2.45) is 0 Å². The van der Waals surface area contributed by atoms with E-state index in [0.29, 0.717) is 6.61 Å². The SMILES string of the molecule is CCCCCC=CC=C(CC)C(=O)OCC. The summed E-state index contributed by atoms with van der Waals surface area (Å²) in [7, 11) is 0. The average Bonchev–Trinajstić information content (AvgIpc) is 2.28. The normalized spacial score (nSPS) is 12.1. The van der Waals surface area contributed by atoms with Crippen molar-refractivity contribution in [2.45, 2.75) is 52.9 Å². The Labute approximate surface area is 99.4 Å². The molecule has 0 heterocycles. The quantitative estimate of drug-likeness (QED) is 0.269. The maximum atomic E-state index is 11.4. The molecule has 2 heteroatoms. The van der Waals surface area contributed by atoms with Crippen molar-refractivity contribution in [1.82, 2.24) is 0 Å². The predicted molar refractivity (Wildman–Crippen MR) is 68.3 cm³/mol. The molecule has 0 unspecified atom stereocenters. The van der Waals surface area contributed by atoms with Crippen LogP contribution in [0.25, 0.3) is 0 Å². The first-order chi connectivity index (χ1) is 7.76. The van der Waals surface area contributed by atoms with Gasteiger partial charge in [-0.3, -0.25) is 0 Å². The lowest BCUT2D eigenvalue weighted by Gasteiger charge is -2.02. The van der Waals surface area contributed by atoms with Gasteiger partial charge >= 0.3 is 5.97 Å². The molecule has 0 fully saturated rings. The average molecular weight is 224 g/mol. The Morgan fingerprint density at radius 3 is 2.50 bits per heavy atom. The number of hydrogen-bond donors (Lipinski definition) is 0.